The summed E-state index contributed by atoms with van der Waals surface area (Å²) >= 11 is 1.62. The van der Waals surface area contributed by atoms with Crippen molar-refractivity contribution in [3.8, 4) is 0 Å². The van der Waals surface area contributed by atoms with Crippen molar-refractivity contribution in [1.82, 2.24) is 10.3 Å². The Kier molecular flexibility index (Phi) is 4.96. The van der Waals surface area contributed by atoms with Gasteiger partial charge in [0.05, 0.1) is 18.2 Å². The van der Waals surface area contributed by atoms with Crippen LogP contribution in [-0.2, 0) is 11.3 Å². The fourth-order valence-electron chi connectivity index (χ4n) is 3.73. The van der Waals surface area contributed by atoms with E-state index in [0.717, 1.165) is 18.7 Å². The third-order valence-corrected chi connectivity index (χ3v) is 6.22. The SMILES string of the molecule is CC1(CNC(=O)c2cccc(NCc3cncs3)c2)CCOC1C1CC1. The molecule has 2 N–H and O–H groups in total. The van der Waals surface area contributed by atoms with Gasteiger partial charge in [0.2, 0.25) is 0 Å². The monoisotopic (exact) mass is 371 g/mol. The van der Waals surface area contributed by atoms with Gasteiger partial charge in [-0.2, -0.15) is 0 Å². The second kappa shape index (κ2) is 7.37. The first-order valence-corrected chi connectivity index (χ1v) is 10.1. The molecule has 1 saturated heterocycles. The van der Waals surface area contributed by atoms with Crippen LogP contribution in [0.1, 0.15) is 41.4 Å². The molecule has 1 aromatic carbocycles. The Balaban J connectivity index is 1.35. The standard InChI is InChI=1S/C20H25N3O2S/c1-20(7-8-25-18(20)14-5-6-14)12-23-19(24)15-3-2-4-16(9-15)22-11-17-10-21-13-26-17/h2-4,9-10,13-14,18,22H,5-8,11-12H2,1H3,(H,23,24). The molecule has 0 radical (unpaired) electrons. The van der Waals surface area contributed by atoms with Gasteiger partial charge in [-0.15, -0.1) is 11.3 Å². The number of rotatable bonds is 7. The zero-order chi connectivity index (χ0) is 18.0. The van der Waals surface area contributed by atoms with Crippen molar-refractivity contribution in [3.63, 3.8) is 0 Å². The van der Waals surface area contributed by atoms with Crippen LogP contribution < -0.4 is 10.6 Å². The number of carbonyl (C=O) groups is 1. The molecule has 2 unspecified atom stereocenters. The summed E-state index contributed by atoms with van der Waals surface area (Å²) in [6.07, 6.45) is 5.71. The number of hydrogen-bond donors (Lipinski definition) is 2. The molecule has 4 rings (SSSR count). The minimum atomic E-state index is -0.0193. The third kappa shape index (κ3) is 3.91. The lowest BCUT2D eigenvalue weighted by molar-refractivity contribution is 0.0382. The van der Waals surface area contributed by atoms with E-state index >= 15 is 0 Å². The lowest BCUT2D eigenvalue weighted by atomic mass is 9.81. The van der Waals surface area contributed by atoms with Crippen LogP contribution in [0.5, 0.6) is 0 Å². The Bertz CT molecular complexity index is 760. The number of aromatic nitrogens is 1. The fourth-order valence-corrected chi connectivity index (χ4v) is 4.26. The Morgan fingerprint density at radius 2 is 2.31 bits per heavy atom. The van der Waals surface area contributed by atoms with Crippen LogP contribution in [0.15, 0.2) is 36.0 Å². The Hall–Kier alpha value is -1.92. The normalized spacial score (nSPS) is 25.2. The van der Waals surface area contributed by atoms with E-state index in [4.69, 9.17) is 4.74 Å². The van der Waals surface area contributed by atoms with Crippen LogP contribution >= 0.6 is 11.3 Å². The maximum absolute atomic E-state index is 12.6. The Labute approximate surface area is 158 Å². The van der Waals surface area contributed by atoms with Crippen molar-refractivity contribution >= 4 is 22.9 Å². The molecular formula is C20H25N3O2S. The van der Waals surface area contributed by atoms with E-state index in [1.807, 2.05) is 36.0 Å². The highest BCUT2D eigenvalue weighted by atomic mass is 32.1. The van der Waals surface area contributed by atoms with Gasteiger partial charge in [0.25, 0.3) is 5.91 Å². The molecule has 1 aromatic heterocycles. The van der Waals surface area contributed by atoms with Gasteiger partial charge in [-0.1, -0.05) is 13.0 Å². The van der Waals surface area contributed by atoms with E-state index in [1.165, 1.54) is 17.7 Å². The minimum Gasteiger partial charge on any atom is -0.380 e. The molecule has 138 valence electrons. The van der Waals surface area contributed by atoms with E-state index in [9.17, 15) is 4.79 Å². The average Bonchev–Trinajstić information content (AvgIpc) is 3.21. The van der Waals surface area contributed by atoms with Gasteiger partial charge in [0.1, 0.15) is 0 Å². The number of ether oxygens (including phenoxy) is 1. The Morgan fingerprint density at radius 1 is 1.42 bits per heavy atom. The number of thiazole rings is 1. The highest BCUT2D eigenvalue weighted by Crippen LogP contribution is 2.47. The number of nitrogens with one attached hydrogen (secondary N) is 2. The van der Waals surface area contributed by atoms with Gasteiger partial charge < -0.3 is 15.4 Å². The highest BCUT2D eigenvalue weighted by molar-refractivity contribution is 7.09. The number of anilines is 1. The smallest absolute Gasteiger partial charge is 0.251 e. The van der Waals surface area contributed by atoms with Crippen LogP contribution in [-0.4, -0.2) is 30.1 Å². The molecule has 26 heavy (non-hydrogen) atoms. The van der Waals surface area contributed by atoms with Gasteiger partial charge >= 0.3 is 0 Å². The first kappa shape index (κ1) is 17.5. The summed E-state index contributed by atoms with van der Waals surface area (Å²) < 4.78 is 5.95. The first-order chi connectivity index (χ1) is 12.6. The summed E-state index contributed by atoms with van der Waals surface area (Å²) in [5.41, 5.74) is 3.50. The van der Waals surface area contributed by atoms with Crippen LogP contribution in [0, 0.1) is 11.3 Å². The van der Waals surface area contributed by atoms with E-state index in [2.05, 4.69) is 22.5 Å². The molecule has 0 spiro atoms. The van der Waals surface area contributed by atoms with Crippen molar-refractivity contribution in [2.75, 3.05) is 18.5 Å². The molecule has 6 heteroatoms. The van der Waals surface area contributed by atoms with Crippen molar-refractivity contribution in [1.29, 1.82) is 0 Å². The van der Waals surface area contributed by atoms with Gasteiger partial charge in [0, 0.05) is 40.9 Å². The van der Waals surface area contributed by atoms with E-state index in [-0.39, 0.29) is 11.3 Å². The Morgan fingerprint density at radius 3 is 3.08 bits per heavy atom. The molecule has 2 aromatic rings. The number of nitrogens with zero attached hydrogens (tertiary/aromatic N) is 1. The fraction of sp³-hybridized carbons (Fsp3) is 0.500. The summed E-state index contributed by atoms with van der Waals surface area (Å²) in [5.74, 6) is 0.674. The van der Waals surface area contributed by atoms with Gasteiger partial charge in [-0.25, -0.2) is 0 Å². The predicted molar refractivity (Wildman–Crippen MR) is 103 cm³/mol. The lowest BCUT2D eigenvalue weighted by Gasteiger charge is -2.30. The quantitative estimate of drug-likeness (QED) is 0.779. The maximum Gasteiger partial charge on any atom is 0.251 e. The maximum atomic E-state index is 12.6. The molecular weight excluding hydrogens is 346 g/mol. The van der Waals surface area contributed by atoms with Crippen LogP contribution in [0.4, 0.5) is 5.69 Å². The highest BCUT2D eigenvalue weighted by Gasteiger charge is 2.48. The summed E-state index contributed by atoms with van der Waals surface area (Å²) in [7, 11) is 0. The molecule has 5 nitrogen and oxygen atoms in total. The second-order valence-corrected chi connectivity index (χ2v) is 8.59. The summed E-state index contributed by atoms with van der Waals surface area (Å²) in [6, 6.07) is 7.66. The first-order valence-electron chi connectivity index (χ1n) is 9.25. The lowest BCUT2D eigenvalue weighted by Crippen LogP contribution is -2.41. The zero-order valence-corrected chi connectivity index (χ0v) is 15.8. The predicted octanol–water partition coefficient (Wildman–Crippen LogP) is 3.69. The molecule has 2 fully saturated rings. The van der Waals surface area contributed by atoms with E-state index in [0.29, 0.717) is 30.7 Å². The van der Waals surface area contributed by atoms with Crippen LogP contribution in [0.3, 0.4) is 0 Å². The van der Waals surface area contributed by atoms with Crippen molar-refractivity contribution in [2.45, 2.75) is 38.8 Å². The third-order valence-electron chi connectivity index (χ3n) is 5.44. The van der Waals surface area contributed by atoms with Crippen LogP contribution in [0.25, 0.3) is 0 Å². The number of benzene rings is 1. The molecule has 2 heterocycles. The zero-order valence-electron chi connectivity index (χ0n) is 15.0. The topological polar surface area (TPSA) is 63.2 Å². The molecule has 1 aliphatic carbocycles. The largest absolute Gasteiger partial charge is 0.380 e. The molecule has 1 amide bonds. The second-order valence-electron chi connectivity index (χ2n) is 7.62. The minimum absolute atomic E-state index is 0.0193. The van der Waals surface area contributed by atoms with Gasteiger partial charge in [-0.3, -0.25) is 9.78 Å². The summed E-state index contributed by atoms with van der Waals surface area (Å²) in [4.78, 5) is 17.9. The molecule has 0 bridgehead atoms. The van der Waals surface area contributed by atoms with Gasteiger partial charge in [0.15, 0.2) is 0 Å². The number of amides is 1. The van der Waals surface area contributed by atoms with E-state index in [1.54, 1.807) is 11.3 Å². The number of hydrogen-bond acceptors (Lipinski definition) is 5. The summed E-state index contributed by atoms with van der Waals surface area (Å²) in [6.45, 7) is 4.45. The number of carbonyl (C=O) groups excluding carboxylic acids is 1. The average molecular weight is 372 g/mol. The van der Waals surface area contributed by atoms with E-state index < -0.39 is 0 Å². The molecule has 1 aliphatic heterocycles. The van der Waals surface area contributed by atoms with Crippen molar-refractivity contribution in [2.24, 2.45) is 11.3 Å². The molecule has 2 atom stereocenters. The van der Waals surface area contributed by atoms with Crippen molar-refractivity contribution < 1.29 is 9.53 Å². The van der Waals surface area contributed by atoms with Crippen molar-refractivity contribution in [3.05, 3.63) is 46.4 Å². The van der Waals surface area contributed by atoms with Gasteiger partial charge in [-0.05, 0) is 43.4 Å². The molecule has 1 saturated carbocycles. The summed E-state index contributed by atoms with van der Waals surface area (Å²) in [5, 5.41) is 6.48. The van der Waals surface area contributed by atoms with Crippen LogP contribution in [0.2, 0.25) is 0 Å². The molecule has 2 aliphatic rings.